The van der Waals surface area contributed by atoms with Gasteiger partial charge in [-0.2, -0.15) is 0 Å². The summed E-state index contributed by atoms with van der Waals surface area (Å²) in [5.41, 5.74) is 2.92. The Morgan fingerprint density at radius 3 is 2.64 bits per heavy atom. The molecule has 0 aliphatic heterocycles. The van der Waals surface area contributed by atoms with Gasteiger partial charge in [0.25, 0.3) is 5.91 Å². The second-order valence-corrected chi connectivity index (χ2v) is 6.60. The number of nitrogens with one attached hydrogen (secondary N) is 2. The van der Waals surface area contributed by atoms with Crippen molar-refractivity contribution in [1.82, 2.24) is 15.3 Å². The molecule has 0 aliphatic rings. The Balaban J connectivity index is 1.97. The molecule has 0 saturated carbocycles. The van der Waals surface area contributed by atoms with E-state index in [9.17, 15) is 4.79 Å². The van der Waals surface area contributed by atoms with Crippen molar-refractivity contribution in [3.63, 3.8) is 0 Å². The fourth-order valence-corrected chi connectivity index (χ4v) is 2.74. The summed E-state index contributed by atoms with van der Waals surface area (Å²) in [5, 5.41) is 6.65. The summed E-state index contributed by atoms with van der Waals surface area (Å²) >= 11 is 6.11. The number of hydrogen-bond acceptors (Lipinski definition) is 5. The fraction of sp³-hybridized carbons (Fsp3) is 0.190. The highest BCUT2D eigenvalue weighted by atomic mass is 35.5. The van der Waals surface area contributed by atoms with E-state index in [4.69, 9.17) is 16.3 Å². The molecule has 0 radical (unpaired) electrons. The van der Waals surface area contributed by atoms with E-state index in [0.29, 0.717) is 29.8 Å². The van der Waals surface area contributed by atoms with Gasteiger partial charge in [0.2, 0.25) is 0 Å². The van der Waals surface area contributed by atoms with Crippen LogP contribution in [0.1, 0.15) is 16.1 Å². The van der Waals surface area contributed by atoms with E-state index in [1.807, 2.05) is 55.5 Å². The molecule has 3 rings (SSSR count). The largest absolute Gasteiger partial charge is 0.383 e. The summed E-state index contributed by atoms with van der Waals surface area (Å²) < 4.78 is 4.98. The predicted molar refractivity (Wildman–Crippen MR) is 111 cm³/mol. The first-order valence-electron chi connectivity index (χ1n) is 8.81. The van der Waals surface area contributed by atoms with E-state index in [1.165, 1.54) is 0 Å². The highest BCUT2D eigenvalue weighted by Crippen LogP contribution is 2.25. The van der Waals surface area contributed by atoms with Crippen molar-refractivity contribution >= 4 is 29.0 Å². The van der Waals surface area contributed by atoms with Crippen molar-refractivity contribution in [1.29, 1.82) is 0 Å². The second kappa shape index (κ2) is 9.30. The van der Waals surface area contributed by atoms with E-state index >= 15 is 0 Å². The van der Waals surface area contributed by atoms with Crippen LogP contribution in [0.4, 0.5) is 11.5 Å². The lowest BCUT2D eigenvalue weighted by Gasteiger charge is -2.12. The molecule has 0 unspecified atom stereocenters. The molecule has 0 saturated heterocycles. The number of halogens is 1. The molecule has 0 spiro atoms. The van der Waals surface area contributed by atoms with Crippen LogP contribution in [-0.4, -0.2) is 36.1 Å². The third-order valence-corrected chi connectivity index (χ3v) is 4.28. The first-order valence-corrected chi connectivity index (χ1v) is 9.19. The zero-order valence-corrected chi connectivity index (χ0v) is 16.5. The van der Waals surface area contributed by atoms with Crippen LogP contribution in [0, 0.1) is 6.92 Å². The van der Waals surface area contributed by atoms with Crippen molar-refractivity contribution in [3.8, 4) is 11.4 Å². The van der Waals surface area contributed by atoms with Gasteiger partial charge in [-0.05, 0) is 24.6 Å². The number of aromatic nitrogens is 2. The molecular weight excluding hydrogens is 376 g/mol. The zero-order chi connectivity index (χ0) is 19.9. The Hall–Kier alpha value is -2.96. The molecule has 2 N–H and O–H groups in total. The maximum atomic E-state index is 12.5. The van der Waals surface area contributed by atoms with Gasteiger partial charge >= 0.3 is 0 Å². The standard InChI is InChI=1S/C21H21ClN4O2/c1-14-8-9-16(22)12-17(14)24-19-13-18(21(27)23-10-11-28-2)25-20(26-19)15-6-4-3-5-7-15/h3-9,12-13H,10-11H2,1-2H3,(H,23,27)(H,24,25,26). The van der Waals surface area contributed by atoms with Crippen LogP contribution in [0.15, 0.2) is 54.6 Å². The number of hydrogen-bond donors (Lipinski definition) is 2. The number of carbonyl (C=O) groups is 1. The molecule has 2 aromatic carbocycles. The second-order valence-electron chi connectivity index (χ2n) is 6.16. The van der Waals surface area contributed by atoms with Gasteiger partial charge in [-0.15, -0.1) is 0 Å². The minimum Gasteiger partial charge on any atom is -0.383 e. The van der Waals surface area contributed by atoms with Crippen LogP contribution >= 0.6 is 11.6 Å². The van der Waals surface area contributed by atoms with E-state index in [-0.39, 0.29) is 11.6 Å². The number of aryl methyl sites for hydroxylation is 1. The Bertz CT molecular complexity index is 964. The lowest BCUT2D eigenvalue weighted by Crippen LogP contribution is -2.28. The molecule has 7 heteroatoms. The third kappa shape index (κ3) is 5.06. The SMILES string of the molecule is COCCNC(=O)c1cc(Nc2cc(Cl)ccc2C)nc(-c2ccccc2)n1. The highest BCUT2D eigenvalue weighted by Gasteiger charge is 2.13. The van der Waals surface area contributed by atoms with Gasteiger partial charge in [0.1, 0.15) is 11.5 Å². The molecule has 3 aromatic rings. The van der Waals surface area contributed by atoms with Gasteiger partial charge in [-0.25, -0.2) is 9.97 Å². The van der Waals surface area contributed by atoms with Gasteiger partial charge in [-0.3, -0.25) is 4.79 Å². The van der Waals surface area contributed by atoms with Gasteiger partial charge in [0.15, 0.2) is 5.82 Å². The van der Waals surface area contributed by atoms with Crippen molar-refractivity contribution in [2.75, 3.05) is 25.6 Å². The smallest absolute Gasteiger partial charge is 0.270 e. The highest BCUT2D eigenvalue weighted by molar-refractivity contribution is 6.30. The zero-order valence-electron chi connectivity index (χ0n) is 15.7. The number of nitrogens with zero attached hydrogens (tertiary/aromatic N) is 2. The van der Waals surface area contributed by atoms with E-state index in [1.54, 1.807) is 13.2 Å². The normalized spacial score (nSPS) is 10.5. The minimum atomic E-state index is -0.289. The maximum absolute atomic E-state index is 12.5. The summed E-state index contributed by atoms with van der Waals surface area (Å²) in [4.78, 5) is 21.5. The molecule has 1 amide bonds. The Labute approximate surface area is 168 Å². The van der Waals surface area contributed by atoms with Crippen molar-refractivity contribution in [2.24, 2.45) is 0 Å². The van der Waals surface area contributed by atoms with E-state index in [2.05, 4.69) is 20.6 Å². The number of methoxy groups -OCH3 is 1. The maximum Gasteiger partial charge on any atom is 0.270 e. The monoisotopic (exact) mass is 396 g/mol. The average molecular weight is 397 g/mol. The first-order chi connectivity index (χ1) is 13.6. The van der Waals surface area contributed by atoms with Gasteiger partial charge < -0.3 is 15.4 Å². The van der Waals surface area contributed by atoms with Crippen molar-refractivity contribution in [2.45, 2.75) is 6.92 Å². The van der Waals surface area contributed by atoms with Crippen LogP contribution in [0.3, 0.4) is 0 Å². The predicted octanol–water partition coefficient (Wildman–Crippen LogP) is 4.23. The van der Waals surface area contributed by atoms with Crippen LogP contribution < -0.4 is 10.6 Å². The summed E-state index contributed by atoms with van der Waals surface area (Å²) in [6, 6.07) is 16.7. The molecule has 28 heavy (non-hydrogen) atoms. The van der Waals surface area contributed by atoms with Crippen LogP contribution in [-0.2, 0) is 4.74 Å². The number of benzene rings is 2. The average Bonchev–Trinajstić information content (AvgIpc) is 2.71. The topological polar surface area (TPSA) is 76.1 Å². The molecule has 0 aliphatic carbocycles. The summed E-state index contributed by atoms with van der Waals surface area (Å²) in [5.74, 6) is 0.681. The Morgan fingerprint density at radius 1 is 1.11 bits per heavy atom. The van der Waals surface area contributed by atoms with Crippen LogP contribution in [0.25, 0.3) is 11.4 Å². The molecule has 6 nitrogen and oxygen atoms in total. The third-order valence-electron chi connectivity index (χ3n) is 4.04. The number of amides is 1. The molecule has 0 bridgehead atoms. The molecule has 1 heterocycles. The quantitative estimate of drug-likeness (QED) is 0.584. The lowest BCUT2D eigenvalue weighted by atomic mass is 10.2. The number of rotatable bonds is 7. The fourth-order valence-electron chi connectivity index (χ4n) is 2.57. The first kappa shape index (κ1) is 19.8. The van der Waals surface area contributed by atoms with Crippen molar-refractivity contribution in [3.05, 3.63) is 70.9 Å². The molecule has 1 aromatic heterocycles. The summed E-state index contributed by atoms with van der Waals surface area (Å²) in [7, 11) is 1.58. The Morgan fingerprint density at radius 2 is 1.89 bits per heavy atom. The van der Waals surface area contributed by atoms with Crippen LogP contribution in [0.2, 0.25) is 5.02 Å². The minimum absolute atomic E-state index is 0.270. The molecular formula is C21H21ClN4O2. The van der Waals surface area contributed by atoms with Gasteiger partial charge in [0.05, 0.1) is 6.61 Å². The number of ether oxygens (including phenoxy) is 1. The van der Waals surface area contributed by atoms with Gasteiger partial charge in [-0.1, -0.05) is 48.0 Å². The van der Waals surface area contributed by atoms with Crippen LogP contribution in [0.5, 0.6) is 0 Å². The van der Waals surface area contributed by atoms with Crippen molar-refractivity contribution < 1.29 is 9.53 Å². The molecule has 0 fully saturated rings. The molecule has 144 valence electrons. The van der Waals surface area contributed by atoms with E-state index < -0.39 is 0 Å². The summed E-state index contributed by atoms with van der Waals surface area (Å²) in [6.07, 6.45) is 0. The molecule has 0 atom stereocenters. The van der Waals surface area contributed by atoms with Gasteiger partial charge in [0, 0.05) is 36.0 Å². The Kier molecular flexibility index (Phi) is 6.57. The van der Waals surface area contributed by atoms with E-state index in [0.717, 1.165) is 16.8 Å². The number of anilines is 2. The summed E-state index contributed by atoms with van der Waals surface area (Å²) in [6.45, 7) is 2.79. The number of carbonyl (C=O) groups excluding carboxylic acids is 1. The lowest BCUT2D eigenvalue weighted by molar-refractivity contribution is 0.0932.